The maximum absolute atomic E-state index is 9.17. The number of benzene rings is 1. The predicted molar refractivity (Wildman–Crippen MR) is 71.4 cm³/mol. The molecule has 3 heteroatoms. The van der Waals surface area contributed by atoms with Gasteiger partial charge in [-0.05, 0) is 43.4 Å². The fraction of sp³-hybridized carbons (Fsp3) is 0.500. The summed E-state index contributed by atoms with van der Waals surface area (Å²) in [6, 6.07) is 7.84. The molecule has 0 radical (unpaired) electrons. The third kappa shape index (κ3) is 3.14. The number of anilines is 1. The molecule has 1 aromatic rings. The van der Waals surface area contributed by atoms with Crippen LogP contribution in [-0.4, -0.2) is 13.1 Å². The zero-order valence-electron chi connectivity index (χ0n) is 10.1. The van der Waals surface area contributed by atoms with E-state index in [9.17, 15) is 5.26 Å². The smallest absolute Gasteiger partial charge is 0.101 e. The van der Waals surface area contributed by atoms with Crippen LogP contribution in [0.3, 0.4) is 0 Å². The van der Waals surface area contributed by atoms with Crippen LogP contribution in [0.15, 0.2) is 18.2 Å². The standard InChI is InChI=1S/C14H17ClN2/c1-2-7-17(10-11-3-4-11)14-6-5-13(15)8-12(14)9-16/h5-6,8,11H,2-4,7,10H2,1H3. The molecule has 1 fully saturated rings. The van der Waals surface area contributed by atoms with E-state index in [4.69, 9.17) is 11.6 Å². The van der Waals surface area contributed by atoms with Gasteiger partial charge in [0.2, 0.25) is 0 Å². The first-order chi connectivity index (χ1) is 8.24. The topological polar surface area (TPSA) is 27.0 Å². The Morgan fingerprint density at radius 2 is 2.24 bits per heavy atom. The number of hydrogen-bond donors (Lipinski definition) is 0. The van der Waals surface area contributed by atoms with E-state index in [1.165, 1.54) is 12.8 Å². The fourth-order valence-corrected chi connectivity index (χ4v) is 2.24. The second kappa shape index (κ2) is 5.42. The van der Waals surface area contributed by atoms with E-state index in [1.807, 2.05) is 12.1 Å². The van der Waals surface area contributed by atoms with Crippen molar-refractivity contribution < 1.29 is 0 Å². The van der Waals surface area contributed by atoms with Crippen molar-refractivity contribution in [1.82, 2.24) is 0 Å². The van der Waals surface area contributed by atoms with E-state index >= 15 is 0 Å². The van der Waals surface area contributed by atoms with Crippen LogP contribution in [0.4, 0.5) is 5.69 Å². The van der Waals surface area contributed by atoms with Gasteiger partial charge in [0.1, 0.15) is 6.07 Å². The maximum atomic E-state index is 9.17. The lowest BCUT2D eigenvalue weighted by Gasteiger charge is -2.25. The molecule has 0 aliphatic heterocycles. The van der Waals surface area contributed by atoms with E-state index in [1.54, 1.807) is 6.07 Å². The monoisotopic (exact) mass is 248 g/mol. The van der Waals surface area contributed by atoms with Crippen molar-refractivity contribution in [2.75, 3.05) is 18.0 Å². The summed E-state index contributed by atoms with van der Waals surface area (Å²) in [6.07, 6.45) is 3.76. The molecule has 1 aliphatic rings. The molecule has 0 amide bonds. The lowest BCUT2D eigenvalue weighted by Crippen LogP contribution is -2.27. The molecule has 1 aliphatic carbocycles. The Labute approximate surface area is 108 Å². The van der Waals surface area contributed by atoms with E-state index < -0.39 is 0 Å². The quantitative estimate of drug-likeness (QED) is 0.792. The highest BCUT2D eigenvalue weighted by atomic mass is 35.5. The van der Waals surface area contributed by atoms with Crippen molar-refractivity contribution in [3.63, 3.8) is 0 Å². The summed E-state index contributed by atoms with van der Waals surface area (Å²) in [5, 5.41) is 9.81. The van der Waals surface area contributed by atoms with E-state index in [-0.39, 0.29) is 0 Å². The summed E-state index contributed by atoms with van der Waals surface area (Å²) in [5.41, 5.74) is 1.72. The molecule has 0 unspecified atom stereocenters. The Balaban J connectivity index is 2.24. The minimum Gasteiger partial charge on any atom is -0.370 e. The highest BCUT2D eigenvalue weighted by Gasteiger charge is 2.25. The van der Waals surface area contributed by atoms with Crippen LogP contribution in [0.1, 0.15) is 31.7 Å². The Bertz CT molecular complexity index is 432. The van der Waals surface area contributed by atoms with Gasteiger partial charge in [-0.25, -0.2) is 0 Å². The molecule has 0 spiro atoms. The van der Waals surface area contributed by atoms with Crippen molar-refractivity contribution in [3.8, 4) is 6.07 Å². The number of rotatable bonds is 5. The number of nitrogens with zero attached hydrogens (tertiary/aromatic N) is 2. The van der Waals surface area contributed by atoms with Crippen LogP contribution in [-0.2, 0) is 0 Å². The van der Waals surface area contributed by atoms with Crippen LogP contribution in [0.25, 0.3) is 0 Å². The third-order valence-electron chi connectivity index (χ3n) is 3.09. The summed E-state index contributed by atoms with van der Waals surface area (Å²) in [7, 11) is 0. The number of hydrogen-bond acceptors (Lipinski definition) is 2. The normalized spacial score (nSPS) is 14.4. The third-order valence-corrected chi connectivity index (χ3v) is 3.32. The molecule has 0 aromatic heterocycles. The molecular weight excluding hydrogens is 232 g/mol. The molecule has 1 aromatic carbocycles. The van der Waals surface area contributed by atoms with Crippen LogP contribution < -0.4 is 4.90 Å². The SMILES string of the molecule is CCCN(CC1CC1)c1ccc(Cl)cc1C#N. The molecular formula is C14H17ClN2. The Morgan fingerprint density at radius 3 is 2.82 bits per heavy atom. The van der Waals surface area contributed by atoms with Crippen LogP contribution in [0.2, 0.25) is 5.02 Å². The van der Waals surface area contributed by atoms with Crippen molar-refractivity contribution in [3.05, 3.63) is 28.8 Å². The first-order valence-electron chi connectivity index (χ1n) is 6.19. The van der Waals surface area contributed by atoms with Crippen LogP contribution in [0, 0.1) is 17.2 Å². The second-order valence-electron chi connectivity index (χ2n) is 4.66. The molecule has 90 valence electrons. The second-order valence-corrected chi connectivity index (χ2v) is 5.10. The first kappa shape index (κ1) is 12.3. The molecule has 0 saturated heterocycles. The molecule has 0 heterocycles. The van der Waals surface area contributed by atoms with Crippen molar-refractivity contribution in [2.45, 2.75) is 26.2 Å². The van der Waals surface area contributed by atoms with E-state index in [0.29, 0.717) is 10.6 Å². The molecule has 1 saturated carbocycles. The summed E-state index contributed by atoms with van der Waals surface area (Å²) in [5.74, 6) is 0.823. The lowest BCUT2D eigenvalue weighted by molar-refractivity contribution is 0.707. The molecule has 17 heavy (non-hydrogen) atoms. The zero-order valence-corrected chi connectivity index (χ0v) is 10.9. The van der Waals surface area contributed by atoms with Gasteiger partial charge in [0, 0.05) is 18.1 Å². The van der Waals surface area contributed by atoms with Gasteiger partial charge in [0.15, 0.2) is 0 Å². The largest absolute Gasteiger partial charge is 0.370 e. The van der Waals surface area contributed by atoms with Crippen LogP contribution >= 0.6 is 11.6 Å². The van der Waals surface area contributed by atoms with Crippen molar-refractivity contribution >= 4 is 17.3 Å². The average Bonchev–Trinajstić information content (AvgIpc) is 3.12. The highest BCUT2D eigenvalue weighted by Crippen LogP contribution is 2.33. The van der Waals surface area contributed by atoms with E-state index in [2.05, 4.69) is 17.9 Å². The number of halogens is 1. The molecule has 2 rings (SSSR count). The van der Waals surface area contributed by atoms with Crippen molar-refractivity contribution in [1.29, 1.82) is 5.26 Å². The fourth-order valence-electron chi connectivity index (χ4n) is 2.07. The maximum Gasteiger partial charge on any atom is 0.101 e. The Morgan fingerprint density at radius 1 is 1.47 bits per heavy atom. The number of nitriles is 1. The summed E-state index contributed by atoms with van der Waals surface area (Å²) < 4.78 is 0. The Kier molecular flexibility index (Phi) is 3.91. The summed E-state index contributed by atoms with van der Waals surface area (Å²) >= 11 is 5.93. The summed E-state index contributed by atoms with van der Waals surface area (Å²) in [6.45, 7) is 4.25. The molecule has 0 atom stereocenters. The molecule has 0 bridgehead atoms. The lowest BCUT2D eigenvalue weighted by atomic mass is 10.1. The minimum absolute atomic E-state index is 0.633. The average molecular weight is 249 g/mol. The van der Waals surface area contributed by atoms with Gasteiger partial charge >= 0.3 is 0 Å². The zero-order chi connectivity index (χ0) is 12.3. The Hall–Kier alpha value is -1.20. The summed E-state index contributed by atoms with van der Waals surface area (Å²) in [4.78, 5) is 2.33. The van der Waals surface area contributed by atoms with E-state index in [0.717, 1.165) is 31.1 Å². The van der Waals surface area contributed by atoms with Gasteiger partial charge in [0.05, 0.1) is 11.3 Å². The van der Waals surface area contributed by atoms with Gasteiger partial charge < -0.3 is 4.90 Å². The molecule has 0 N–H and O–H groups in total. The highest BCUT2D eigenvalue weighted by molar-refractivity contribution is 6.30. The predicted octanol–water partition coefficient (Wildman–Crippen LogP) is 3.84. The van der Waals surface area contributed by atoms with Gasteiger partial charge in [-0.2, -0.15) is 5.26 Å². The van der Waals surface area contributed by atoms with Gasteiger partial charge in [-0.1, -0.05) is 18.5 Å². The van der Waals surface area contributed by atoms with Crippen molar-refractivity contribution in [2.24, 2.45) is 5.92 Å². The van der Waals surface area contributed by atoms with Gasteiger partial charge in [-0.3, -0.25) is 0 Å². The molecule has 2 nitrogen and oxygen atoms in total. The first-order valence-corrected chi connectivity index (χ1v) is 6.57. The van der Waals surface area contributed by atoms with Crippen LogP contribution in [0.5, 0.6) is 0 Å². The van der Waals surface area contributed by atoms with Gasteiger partial charge in [0.25, 0.3) is 0 Å². The van der Waals surface area contributed by atoms with Gasteiger partial charge in [-0.15, -0.1) is 0 Å². The minimum atomic E-state index is 0.633.